The second-order valence-corrected chi connectivity index (χ2v) is 5.26. The van der Waals surface area contributed by atoms with Crippen molar-refractivity contribution in [1.29, 1.82) is 0 Å². The van der Waals surface area contributed by atoms with E-state index in [1.54, 1.807) is 4.90 Å². The van der Waals surface area contributed by atoms with E-state index in [1.165, 1.54) is 5.56 Å². The number of rotatable bonds is 4. The van der Waals surface area contributed by atoms with E-state index in [-0.39, 0.29) is 17.8 Å². The second-order valence-electron chi connectivity index (χ2n) is 5.26. The first-order chi connectivity index (χ1) is 9.60. The Labute approximate surface area is 119 Å². The monoisotopic (exact) mass is 275 g/mol. The van der Waals surface area contributed by atoms with E-state index in [9.17, 15) is 4.79 Å². The van der Waals surface area contributed by atoms with Gasteiger partial charge in [0, 0.05) is 11.7 Å². The van der Waals surface area contributed by atoms with Crippen LogP contribution in [0.15, 0.2) is 29.4 Å². The lowest BCUT2D eigenvalue weighted by Crippen LogP contribution is -2.44. The summed E-state index contributed by atoms with van der Waals surface area (Å²) in [6, 6.07) is 8.00. The van der Waals surface area contributed by atoms with E-state index in [1.807, 2.05) is 38.1 Å². The van der Waals surface area contributed by atoms with Gasteiger partial charge in [-0.1, -0.05) is 36.7 Å². The Morgan fingerprint density at radius 1 is 1.55 bits per heavy atom. The van der Waals surface area contributed by atoms with Crippen molar-refractivity contribution in [3.8, 4) is 0 Å². The highest BCUT2D eigenvalue weighted by atomic mass is 16.4. The lowest BCUT2D eigenvalue weighted by molar-refractivity contribution is -0.121. The Kier molecular flexibility index (Phi) is 4.27. The molecule has 0 saturated heterocycles. The van der Waals surface area contributed by atoms with Crippen LogP contribution in [0.5, 0.6) is 0 Å². The Hall–Kier alpha value is -2.04. The summed E-state index contributed by atoms with van der Waals surface area (Å²) in [5.41, 5.74) is 7.80. The molecule has 1 heterocycles. The average molecular weight is 275 g/mol. The van der Waals surface area contributed by atoms with Gasteiger partial charge in [0.2, 0.25) is 5.91 Å². The summed E-state index contributed by atoms with van der Waals surface area (Å²) in [7, 11) is 0. The van der Waals surface area contributed by atoms with Gasteiger partial charge in [0.15, 0.2) is 5.84 Å². The van der Waals surface area contributed by atoms with Gasteiger partial charge in [-0.25, -0.2) is 0 Å². The van der Waals surface area contributed by atoms with Crippen LogP contribution >= 0.6 is 0 Å². The molecule has 1 aliphatic rings. The largest absolute Gasteiger partial charge is 0.409 e. The van der Waals surface area contributed by atoms with Gasteiger partial charge in [-0.05, 0) is 31.4 Å². The number of oxime groups is 1. The van der Waals surface area contributed by atoms with Crippen molar-refractivity contribution in [2.75, 3.05) is 4.90 Å². The first-order valence-electron chi connectivity index (χ1n) is 6.98. The molecule has 1 aromatic carbocycles. The second kappa shape index (κ2) is 5.94. The van der Waals surface area contributed by atoms with E-state index in [4.69, 9.17) is 10.9 Å². The molecule has 1 aliphatic heterocycles. The van der Waals surface area contributed by atoms with Crippen LogP contribution in [0.1, 0.15) is 32.3 Å². The molecule has 3 N–H and O–H groups in total. The van der Waals surface area contributed by atoms with Crippen LogP contribution in [-0.2, 0) is 11.2 Å². The zero-order valence-electron chi connectivity index (χ0n) is 11.9. The summed E-state index contributed by atoms with van der Waals surface area (Å²) in [5, 5.41) is 11.9. The molecule has 0 spiro atoms. The van der Waals surface area contributed by atoms with E-state index < -0.39 is 5.92 Å². The molecule has 0 saturated carbocycles. The zero-order chi connectivity index (χ0) is 14.7. The third kappa shape index (κ3) is 2.48. The van der Waals surface area contributed by atoms with E-state index in [0.29, 0.717) is 6.42 Å². The number of para-hydroxylation sites is 1. The highest BCUT2D eigenvalue weighted by molar-refractivity contribution is 6.10. The third-order valence-electron chi connectivity index (χ3n) is 3.79. The molecule has 2 unspecified atom stereocenters. The maximum absolute atomic E-state index is 12.8. The smallest absolute Gasteiger partial charge is 0.238 e. The number of carbonyl (C=O) groups excluding carboxylic acids is 1. The van der Waals surface area contributed by atoms with Crippen LogP contribution in [-0.4, -0.2) is 23.0 Å². The number of amidine groups is 1. The fraction of sp³-hybridized carbons (Fsp3) is 0.467. The summed E-state index contributed by atoms with van der Waals surface area (Å²) < 4.78 is 0. The minimum Gasteiger partial charge on any atom is -0.409 e. The lowest BCUT2D eigenvalue weighted by atomic mass is 10.00. The number of benzene rings is 1. The number of nitrogens with zero attached hydrogens (tertiary/aromatic N) is 2. The van der Waals surface area contributed by atoms with Crippen LogP contribution in [0.4, 0.5) is 5.69 Å². The van der Waals surface area contributed by atoms with Gasteiger partial charge in [-0.2, -0.15) is 0 Å². The summed E-state index contributed by atoms with van der Waals surface area (Å²) in [6.45, 7) is 4.00. The predicted molar refractivity (Wildman–Crippen MR) is 78.9 cm³/mol. The number of carbonyl (C=O) groups is 1. The van der Waals surface area contributed by atoms with Crippen molar-refractivity contribution in [2.45, 2.75) is 39.2 Å². The number of amides is 1. The van der Waals surface area contributed by atoms with Gasteiger partial charge in [0.05, 0.1) is 5.92 Å². The molecule has 0 aromatic heterocycles. The number of hydrogen-bond acceptors (Lipinski definition) is 3. The lowest BCUT2D eigenvalue weighted by Gasteiger charge is -2.27. The fourth-order valence-electron chi connectivity index (χ4n) is 2.83. The molecule has 5 nitrogen and oxygen atoms in total. The van der Waals surface area contributed by atoms with Gasteiger partial charge in [-0.3, -0.25) is 4.79 Å². The number of anilines is 1. The van der Waals surface area contributed by atoms with Crippen molar-refractivity contribution in [1.82, 2.24) is 0 Å². The normalized spacial score (nSPS) is 19.8. The number of hydrogen-bond donors (Lipinski definition) is 2. The van der Waals surface area contributed by atoms with Gasteiger partial charge in [-0.15, -0.1) is 0 Å². The molecule has 1 amide bonds. The highest BCUT2D eigenvalue weighted by Crippen LogP contribution is 2.33. The van der Waals surface area contributed by atoms with Gasteiger partial charge in [0.1, 0.15) is 0 Å². The van der Waals surface area contributed by atoms with Gasteiger partial charge < -0.3 is 15.8 Å². The van der Waals surface area contributed by atoms with Gasteiger partial charge in [0.25, 0.3) is 0 Å². The van der Waals surface area contributed by atoms with E-state index >= 15 is 0 Å². The first-order valence-corrected chi connectivity index (χ1v) is 6.98. The predicted octanol–water partition coefficient (Wildman–Crippen LogP) is 2.13. The summed E-state index contributed by atoms with van der Waals surface area (Å²) >= 11 is 0. The topological polar surface area (TPSA) is 78.9 Å². The molecule has 2 atom stereocenters. The standard InChI is InChI=1S/C15H21N3O2/c1-3-6-12(14(16)17-20)15(19)18-10(2)9-11-7-4-5-8-13(11)18/h4-5,7-8,10,12,20H,3,6,9H2,1-2H3,(H2,16,17). The quantitative estimate of drug-likeness (QED) is 0.382. The fourth-order valence-corrected chi connectivity index (χ4v) is 2.83. The molecule has 0 radical (unpaired) electrons. The maximum Gasteiger partial charge on any atom is 0.238 e. The van der Waals surface area contributed by atoms with E-state index in [2.05, 4.69) is 5.16 Å². The molecule has 20 heavy (non-hydrogen) atoms. The Bertz CT molecular complexity index is 528. The molecule has 0 bridgehead atoms. The molecule has 0 fully saturated rings. The summed E-state index contributed by atoms with van der Waals surface area (Å²) in [5.74, 6) is -0.647. The molecule has 5 heteroatoms. The SMILES string of the molecule is CCCC(C(=O)N1c2ccccc2CC1C)C(N)=NO. The number of fused-ring (bicyclic) bond motifs is 1. The summed E-state index contributed by atoms with van der Waals surface area (Å²) in [4.78, 5) is 14.5. The van der Waals surface area contributed by atoms with Crippen molar-refractivity contribution in [3.63, 3.8) is 0 Å². The first kappa shape index (κ1) is 14.4. The number of nitrogens with two attached hydrogens (primary N) is 1. The van der Waals surface area contributed by atoms with Crippen LogP contribution in [0, 0.1) is 5.92 Å². The Morgan fingerprint density at radius 3 is 2.90 bits per heavy atom. The molecule has 1 aromatic rings. The van der Waals surface area contributed by atoms with Crippen molar-refractivity contribution < 1.29 is 10.0 Å². The molecular formula is C15H21N3O2. The molecule has 108 valence electrons. The zero-order valence-corrected chi connectivity index (χ0v) is 11.9. The maximum atomic E-state index is 12.8. The van der Waals surface area contributed by atoms with Gasteiger partial charge >= 0.3 is 0 Å². The molecular weight excluding hydrogens is 254 g/mol. The van der Waals surface area contributed by atoms with E-state index in [0.717, 1.165) is 18.5 Å². The average Bonchev–Trinajstić information content (AvgIpc) is 2.79. The Balaban J connectivity index is 2.32. The highest BCUT2D eigenvalue weighted by Gasteiger charge is 2.35. The van der Waals surface area contributed by atoms with Crippen molar-refractivity contribution >= 4 is 17.4 Å². The van der Waals surface area contributed by atoms with Crippen LogP contribution in [0.3, 0.4) is 0 Å². The molecule has 2 rings (SSSR count). The van der Waals surface area contributed by atoms with Crippen LogP contribution in [0.25, 0.3) is 0 Å². The van der Waals surface area contributed by atoms with Crippen LogP contribution in [0.2, 0.25) is 0 Å². The van der Waals surface area contributed by atoms with Crippen LogP contribution < -0.4 is 10.6 Å². The molecule has 0 aliphatic carbocycles. The minimum atomic E-state index is -0.557. The third-order valence-corrected chi connectivity index (χ3v) is 3.79. The summed E-state index contributed by atoms with van der Waals surface area (Å²) in [6.07, 6.45) is 2.23. The Morgan fingerprint density at radius 2 is 2.25 bits per heavy atom. The minimum absolute atomic E-state index is 0.00608. The van der Waals surface area contributed by atoms with Crippen molar-refractivity contribution in [3.05, 3.63) is 29.8 Å². The van der Waals surface area contributed by atoms with Crippen molar-refractivity contribution in [2.24, 2.45) is 16.8 Å².